The topological polar surface area (TPSA) is 46.6 Å². The third-order valence-electron chi connectivity index (χ3n) is 5.44. The molecule has 1 saturated carbocycles. The number of hydrogen-bond acceptors (Lipinski definition) is 3. The molecular formula is C25H22FNO3. The van der Waals surface area contributed by atoms with Crippen molar-refractivity contribution in [3.8, 4) is 5.75 Å². The molecule has 0 N–H and O–H groups in total. The molecule has 0 aliphatic heterocycles. The van der Waals surface area contributed by atoms with Gasteiger partial charge in [-0.25, -0.2) is 4.39 Å². The largest absolute Gasteiger partial charge is 0.426 e. The first-order chi connectivity index (χ1) is 14.4. The van der Waals surface area contributed by atoms with Crippen LogP contribution in [-0.4, -0.2) is 18.9 Å². The van der Waals surface area contributed by atoms with Gasteiger partial charge in [-0.15, -0.1) is 0 Å². The molecule has 3 aromatic carbocycles. The van der Waals surface area contributed by atoms with Crippen LogP contribution in [0.1, 0.15) is 33.8 Å². The number of rotatable bonds is 5. The van der Waals surface area contributed by atoms with Crippen LogP contribution in [0.2, 0.25) is 0 Å². The average Bonchev–Trinajstić information content (AvgIpc) is 3.55. The predicted molar refractivity (Wildman–Crippen MR) is 113 cm³/mol. The summed E-state index contributed by atoms with van der Waals surface area (Å²) in [7, 11) is 1.71. The highest BCUT2D eigenvalue weighted by Gasteiger charge is 2.45. The van der Waals surface area contributed by atoms with E-state index in [2.05, 4.69) is 0 Å². The number of esters is 1. The lowest BCUT2D eigenvalue weighted by atomic mass is 10.1. The van der Waals surface area contributed by atoms with Gasteiger partial charge in [0.05, 0.1) is 5.92 Å². The van der Waals surface area contributed by atoms with Gasteiger partial charge in [0, 0.05) is 18.3 Å². The van der Waals surface area contributed by atoms with Gasteiger partial charge in [-0.1, -0.05) is 29.8 Å². The second kappa shape index (κ2) is 8.11. The molecule has 30 heavy (non-hydrogen) atoms. The summed E-state index contributed by atoms with van der Waals surface area (Å²) in [6.45, 7) is 1.97. The number of amides is 1. The molecule has 1 aliphatic carbocycles. The Morgan fingerprint density at radius 1 is 0.933 bits per heavy atom. The van der Waals surface area contributed by atoms with E-state index in [1.165, 1.54) is 12.1 Å². The van der Waals surface area contributed by atoms with Gasteiger partial charge < -0.3 is 9.64 Å². The summed E-state index contributed by atoms with van der Waals surface area (Å²) in [5.74, 6) is -0.383. The Morgan fingerprint density at radius 2 is 1.57 bits per heavy atom. The molecule has 0 spiro atoms. The van der Waals surface area contributed by atoms with Gasteiger partial charge >= 0.3 is 5.97 Å². The molecule has 1 aliphatic rings. The Kier molecular flexibility index (Phi) is 5.36. The van der Waals surface area contributed by atoms with Crippen LogP contribution in [0.3, 0.4) is 0 Å². The van der Waals surface area contributed by atoms with Crippen molar-refractivity contribution in [2.45, 2.75) is 19.3 Å². The van der Waals surface area contributed by atoms with E-state index in [1.54, 1.807) is 60.5 Å². The predicted octanol–water partition coefficient (Wildman–Crippen LogP) is 5.12. The van der Waals surface area contributed by atoms with Crippen molar-refractivity contribution in [1.29, 1.82) is 0 Å². The van der Waals surface area contributed by atoms with E-state index in [1.807, 2.05) is 19.1 Å². The number of ether oxygens (including phenoxy) is 1. The lowest BCUT2D eigenvalue weighted by molar-refractivity contribution is -0.135. The first kappa shape index (κ1) is 19.8. The number of carbonyl (C=O) groups is 2. The fourth-order valence-corrected chi connectivity index (χ4v) is 3.47. The molecule has 0 radical (unpaired) electrons. The van der Waals surface area contributed by atoms with E-state index in [9.17, 15) is 14.0 Å². The van der Waals surface area contributed by atoms with Crippen LogP contribution in [0.25, 0.3) is 0 Å². The van der Waals surface area contributed by atoms with Crippen molar-refractivity contribution in [2.75, 3.05) is 11.9 Å². The Bertz CT molecular complexity index is 1060. The Balaban J connectivity index is 1.36. The molecule has 0 aromatic heterocycles. The first-order valence-electron chi connectivity index (χ1n) is 9.84. The van der Waals surface area contributed by atoms with E-state index < -0.39 is 0 Å². The number of aryl methyl sites for hydroxylation is 1. The number of hydrogen-bond donors (Lipinski definition) is 0. The van der Waals surface area contributed by atoms with Gasteiger partial charge in [0.2, 0.25) is 0 Å². The van der Waals surface area contributed by atoms with E-state index in [-0.39, 0.29) is 29.5 Å². The van der Waals surface area contributed by atoms with E-state index in [0.717, 1.165) is 11.1 Å². The minimum atomic E-state index is -0.291. The lowest BCUT2D eigenvalue weighted by Crippen LogP contribution is -2.26. The van der Waals surface area contributed by atoms with Crippen molar-refractivity contribution in [3.63, 3.8) is 0 Å². The van der Waals surface area contributed by atoms with Crippen LogP contribution in [0, 0.1) is 18.7 Å². The molecule has 3 aromatic rings. The van der Waals surface area contributed by atoms with Crippen LogP contribution < -0.4 is 9.64 Å². The summed E-state index contributed by atoms with van der Waals surface area (Å²) < 4.78 is 18.5. The van der Waals surface area contributed by atoms with Crippen LogP contribution in [-0.2, 0) is 4.79 Å². The lowest BCUT2D eigenvalue weighted by Gasteiger charge is -2.18. The minimum absolute atomic E-state index is 0.0793. The zero-order valence-electron chi connectivity index (χ0n) is 16.8. The number of anilines is 1. The highest BCUT2D eigenvalue weighted by molar-refractivity contribution is 6.05. The summed E-state index contributed by atoms with van der Waals surface area (Å²) >= 11 is 0. The molecule has 4 rings (SSSR count). The highest BCUT2D eigenvalue weighted by atomic mass is 19.1. The highest BCUT2D eigenvalue weighted by Crippen LogP contribution is 2.48. The van der Waals surface area contributed by atoms with E-state index in [4.69, 9.17) is 4.74 Å². The summed E-state index contributed by atoms with van der Waals surface area (Å²) in [4.78, 5) is 26.6. The van der Waals surface area contributed by atoms with Crippen molar-refractivity contribution in [2.24, 2.45) is 5.92 Å². The number of benzene rings is 3. The number of halogens is 1. The van der Waals surface area contributed by atoms with Gasteiger partial charge in [0.15, 0.2) is 0 Å². The fraction of sp³-hybridized carbons (Fsp3) is 0.200. The zero-order valence-corrected chi connectivity index (χ0v) is 16.8. The molecule has 0 heterocycles. The van der Waals surface area contributed by atoms with Gasteiger partial charge in [0.1, 0.15) is 11.6 Å². The molecule has 0 bridgehead atoms. The molecule has 5 heteroatoms. The van der Waals surface area contributed by atoms with Gasteiger partial charge in [-0.05, 0) is 73.4 Å². The quantitative estimate of drug-likeness (QED) is 0.439. The van der Waals surface area contributed by atoms with Crippen molar-refractivity contribution < 1.29 is 18.7 Å². The van der Waals surface area contributed by atoms with Crippen LogP contribution >= 0.6 is 0 Å². The maximum atomic E-state index is 13.0. The average molecular weight is 403 g/mol. The van der Waals surface area contributed by atoms with Crippen molar-refractivity contribution >= 4 is 17.6 Å². The number of nitrogens with zero attached hydrogens (tertiary/aromatic N) is 1. The van der Waals surface area contributed by atoms with Crippen molar-refractivity contribution in [1.82, 2.24) is 0 Å². The van der Waals surface area contributed by atoms with Crippen LogP contribution in [0.4, 0.5) is 10.1 Å². The smallest absolute Gasteiger partial charge is 0.314 e. The number of carbonyl (C=O) groups excluding carboxylic acids is 2. The third kappa shape index (κ3) is 4.25. The Hall–Kier alpha value is -3.47. The van der Waals surface area contributed by atoms with Gasteiger partial charge in [-0.3, -0.25) is 9.59 Å². The van der Waals surface area contributed by atoms with Gasteiger partial charge in [-0.2, -0.15) is 0 Å². The molecule has 4 nitrogen and oxygen atoms in total. The zero-order chi connectivity index (χ0) is 21.3. The fourth-order valence-electron chi connectivity index (χ4n) is 3.47. The Morgan fingerprint density at radius 3 is 2.20 bits per heavy atom. The molecule has 1 amide bonds. The molecule has 152 valence electrons. The summed E-state index contributed by atoms with van der Waals surface area (Å²) in [5.41, 5.74) is 3.36. The molecule has 2 atom stereocenters. The molecule has 0 saturated heterocycles. The summed E-state index contributed by atoms with van der Waals surface area (Å²) in [6.07, 6.45) is 0.705. The SMILES string of the molecule is Cc1ccc(C(=O)N(C)c2ccc(OC(=O)C3CC3c3ccc(F)cc3)cc2)cc1. The summed E-state index contributed by atoms with van der Waals surface area (Å²) in [6, 6.07) is 20.5. The van der Waals surface area contributed by atoms with Crippen LogP contribution in [0.15, 0.2) is 72.8 Å². The second-order valence-electron chi connectivity index (χ2n) is 7.65. The molecule has 1 fully saturated rings. The monoisotopic (exact) mass is 403 g/mol. The normalized spacial score (nSPS) is 17.3. The second-order valence-corrected chi connectivity index (χ2v) is 7.65. The maximum Gasteiger partial charge on any atom is 0.314 e. The first-order valence-corrected chi connectivity index (χ1v) is 9.84. The van der Waals surface area contributed by atoms with Gasteiger partial charge in [0.25, 0.3) is 5.91 Å². The van der Waals surface area contributed by atoms with Crippen molar-refractivity contribution in [3.05, 3.63) is 95.3 Å². The standard InChI is InChI=1S/C25H22FNO3/c1-16-3-5-18(6-4-16)24(28)27(2)20-11-13-21(14-12-20)30-25(29)23-15-22(23)17-7-9-19(26)10-8-17/h3-14,22-23H,15H2,1-2H3. The van der Waals surface area contributed by atoms with E-state index in [0.29, 0.717) is 23.4 Å². The third-order valence-corrected chi connectivity index (χ3v) is 5.44. The van der Waals surface area contributed by atoms with Crippen LogP contribution in [0.5, 0.6) is 5.75 Å². The summed E-state index contributed by atoms with van der Waals surface area (Å²) in [5, 5.41) is 0. The maximum absolute atomic E-state index is 13.0. The van der Waals surface area contributed by atoms with E-state index >= 15 is 0 Å². The minimum Gasteiger partial charge on any atom is -0.426 e. The molecular weight excluding hydrogens is 381 g/mol. The Labute approximate surface area is 174 Å². The molecule has 2 unspecified atom stereocenters.